The van der Waals surface area contributed by atoms with E-state index in [0.29, 0.717) is 6.54 Å². The van der Waals surface area contributed by atoms with Gasteiger partial charge in [-0.15, -0.1) is 0 Å². The van der Waals surface area contributed by atoms with Gasteiger partial charge in [0.05, 0.1) is 23.5 Å². The first-order valence-electron chi connectivity index (χ1n) is 12.0. The largest absolute Gasteiger partial charge is 0.338 e. The number of hydrogen-bond donors (Lipinski definition) is 3. The van der Waals surface area contributed by atoms with Crippen molar-refractivity contribution < 1.29 is 9.59 Å². The zero-order valence-corrected chi connectivity index (χ0v) is 19.3. The SMILES string of the molecule is O=C(NCCc1ccccc1)NC1CCCCC1NC(=O)N(c1ccccc1)c1ccccc1. The Labute approximate surface area is 201 Å². The van der Waals surface area contributed by atoms with Gasteiger partial charge in [-0.1, -0.05) is 79.6 Å². The zero-order chi connectivity index (χ0) is 23.6. The quantitative estimate of drug-likeness (QED) is 0.446. The Morgan fingerprint density at radius 3 is 1.76 bits per heavy atom. The van der Waals surface area contributed by atoms with Gasteiger partial charge in [-0.25, -0.2) is 9.59 Å². The predicted octanol–water partition coefficient (Wildman–Crippen LogP) is 5.39. The van der Waals surface area contributed by atoms with Gasteiger partial charge in [0.2, 0.25) is 0 Å². The number of nitrogens with zero attached hydrogens (tertiary/aromatic N) is 1. The normalized spacial score (nSPS) is 17.4. The lowest BCUT2D eigenvalue weighted by atomic mass is 9.90. The summed E-state index contributed by atoms with van der Waals surface area (Å²) < 4.78 is 0. The van der Waals surface area contributed by atoms with Crippen molar-refractivity contribution in [3.05, 3.63) is 96.6 Å². The fraction of sp³-hybridized carbons (Fsp3) is 0.286. The van der Waals surface area contributed by atoms with Gasteiger partial charge in [0, 0.05) is 6.54 Å². The lowest BCUT2D eigenvalue weighted by Crippen LogP contribution is -2.56. The average molecular weight is 457 g/mol. The van der Waals surface area contributed by atoms with Crippen LogP contribution in [0.4, 0.5) is 21.0 Å². The number of carbonyl (C=O) groups excluding carboxylic acids is 2. The highest BCUT2D eigenvalue weighted by atomic mass is 16.2. The molecule has 2 atom stereocenters. The summed E-state index contributed by atoms with van der Waals surface area (Å²) >= 11 is 0. The molecule has 0 spiro atoms. The number of hydrogen-bond acceptors (Lipinski definition) is 2. The monoisotopic (exact) mass is 456 g/mol. The third-order valence-corrected chi connectivity index (χ3v) is 6.17. The summed E-state index contributed by atoms with van der Waals surface area (Å²) in [4.78, 5) is 27.7. The van der Waals surface area contributed by atoms with Crippen LogP contribution in [0.1, 0.15) is 31.2 Å². The van der Waals surface area contributed by atoms with E-state index in [0.717, 1.165) is 43.5 Å². The molecule has 0 aromatic heterocycles. The first-order valence-corrected chi connectivity index (χ1v) is 12.0. The molecule has 1 aliphatic rings. The highest BCUT2D eigenvalue weighted by molar-refractivity contribution is 5.99. The summed E-state index contributed by atoms with van der Waals surface area (Å²) in [5.74, 6) is 0. The molecule has 0 aliphatic heterocycles. The molecule has 1 saturated carbocycles. The Balaban J connectivity index is 1.38. The molecule has 2 unspecified atom stereocenters. The Hall–Kier alpha value is -3.80. The van der Waals surface area contributed by atoms with Gasteiger partial charge in [0.15, 0.2) is 0 Å². The van der Waals surface area contributed by atoms with Crippen LogP contribution in [0.25, 0.3) is 0 Å². The van der Waals surface area contributed by atoms with Gasteiger partial charge in [0.25, 0.3) is 0 Å². The van der Waals surface area contributed by atoms with Crippen molar-refractivity contribution in [1.82, 2.24) is 16.0 Å². The summed E-state index contributed by atoms with van der Waals surface area (Å²) in [6.07, 6.45) is 4.51. The van der Waals surface area contributed by atoms with Crippen molar-refractivity contribution in [2.45, 2.75) is 44.2 Å². The Kier molecular flexibility index (Phi) is 8.17. The van der Waals surface area contributed by atoms with Crippen LogP contribution in [0.15, 0.2) is 91.0 Å². The van der Waals surface area contributed by atoms with Crippen LogP contribution >= 0.6 is 0 Å². The van der Waals surface area contributed by atoms with Crippen molar-refractivity contribution >= 4 is 23.4 Å². The molecule has 4 rings (SSSR count). The number of anilines is 2. The number of para-hydroxylation sites is 2. The van der Waals surface area contributed by atoms with Crippen molar-refractivity contribution in [1.29, 1.82) is 0 Å². The zero-order valence-electron chi connectivity index (χ0n) is 19.3. The fourth-order valence-corrected chi connectivity index (χ4v) is 4.42. The number of urea groups is 2. The molecule has 0 radical (unpaired) electrons. The van der Waals surface area contributed by atoms with E-state index in [1.54, 1.807) is 4.90 Å². The van der Waals surface area contributed by atoms with E-state index >= 15 is 0 Å². The van der Waals surface area contributed by atoms with Crippen LogP contribution < -0.4 is 20.9 Å². The van der Waals surface area contributed by atoms with Gasteiger partial charge in [-0.05, 0) is 49.1 Å². The average Bonchev–Trinajstić information content (AvgIpc) is 2.87. The summed E-state index contributed by atoms with van der Waals surface area (Å²) in [7, 11) is 0. The minimum absolute atomic E-state index is 0.108. The van der Waals surface area contributed by atoms with E-state index in [9.17, 15) is 9.59 Å². The molecule has 0 heterocycles. The Morgan fingerprint density at radius 2 is 1.21 bits per heavy atom. The van der Waals surface area contributed by atoms with E-state index in [1.807, 2.05) is 78.9 Å². The molecule has 6 heteroatoms. The molecule has 4 amide bonds. The molecular weight excluding hydrogens is 424 g/mol. The van der Waals surface area contributed by atoms with Gasteiger partial charge in [-0.3, -0.25) is 4.90 Å². The minimum atomic E-state index is -0.194. The summed E-state index contributed by atoms with van der Waals surface area (Å²) in [6.45, 7) is 0.565. The van der Waals surface area contributed by atoms with Crippen LogP contribution in [0.3, 0.4) is 0 Å². The molecule has 1 aliphatic carbocycles. The van der Waals surface area contributed by atoms with Crippen molar-refractivity contribution in [3.63, 3.8) is 0 Å². The number of amides is 4. The number of benzene rings is 3. The molecule has 0 bridgehead atoms. The predicted molar refractivity (Wildman–Crippen MR) is 136 cm³/mol. The molecule has 0 saturated heterocycles. The van der Waals surface area contributed by atoms with Crippen LogP contribution in [0, 0.1) is 0 Å². The van der Waals surface area contributed by atoms with Crippen LogP contribution in [0.2, 0.25) is 0 Å². The maximum atomic E-state index is 13.5. The first kappa shape index (κ1) is 23.4. The smallest absolute Gasteiger partial charge is 0.326 e. The number of rotatable bonds is 7. The summed E-state index contributed by atoms with van der Waals surface area (Å²) in [5.41, 5.74) is 2.78. The number of carbonyl (C=O) groups is 2. The summed E-state index contributed by atoms with van der Waals surface area (Å²) in [6, 6.07) is 28.7. The third-order valence-electron chi connectivity index (χ3n) is 6.17. The molecule has 3 aromatic carbocycles. The van der Waals surface area contributed by atoms with Gasteiger partial charge in [0.1, 0.15) is 0 Å². The van der Waals surface area contributed by atoms with Gasteiger partial charge in [-0.2, -0.15) is 0 Å². The van der Waals surface area contributed by atoms with E-state index in [2.05, 4.69) is 28.1 Å². The molecule has 6 nitrogen and oxygen atoms in total. The van der Waals surface area contributed by atoms with Gasteiger partial charge < -0.3 is 16.0 Å². The first-order chi connectivity index (χ1) is 16.7. The minimum Gasteiger partial charge on any atom is -0.338 e. The lowest BCUT2D eigenvalue weighted by molar-refractivity contribution is 0.217. The second-order valence-electron chi connectivity index (χ2n) is 8.59. The molecule has 3 N–H and O–H groups in total. The highest BCUT2D eigenvalue weighted by Crippen LogP contribution is 2.26. The topological polar surface area (TPSA) is 73.5 Å². The lowest BCUT2D eigenvalue weighted by Gasteiger charge is -2.34. The fourth-order valence-electron chi connectivity index (χ4n) is 4.42. The van der Waals surface area contributed by atoms with Gasteiger partial charge >= 0.3 is 12.1 Å². The second-order valence-corrected chi connectivity index (χ2v) is 8.59. The third kappa shape index (κ3) is 6.38. The maximum absolute atomic E-state index is 13.5. The molecular formula is C28H32N4O2. The summed E-state index contributed by atoms with van der Waals surface area (Å²) in [5, 5.41) is 9.25. The van der Waals surface area contributed by atoms with E-state index in [1.165, 1.54) is 5.56 Å². The molecule has 34 heavy (non-hydrogen) atoms. The van der Waals surface area contributed by atoms with E-state index in [4.69, 9.17) is 0 Å². The van der Waals surface area contributed by atoms with Crippen molar-refractivity contribution in [2.24, 2.45) is 0 Å². The van der Waals surface area contributed by atoms with E-state index in [-0.39, 0.29) is 24.1 Å². The van der Waals surface area contributed by atoms with Crippen LogP contribution in [-0.4, -0.2) is 30.7 Å². The van der Waals surface area contributed by atoms with E-state index < -0.39 is 0 Å². The van der Waals surface area contributed by atoms with Crippen LogP contribution in [0.5, 0.6) is 0 Å². The number of nitrogens with one attached hydrogen (secondary N) is 3. The second kappa shape index (κ2) is 11.9. The Morgan fingerprint density at radius 1 is 0.706 bits per heavy atom. The standard InChI is InChI=1S/C28H32N4O2/c33-27(29-21-20-22-12-4-1-5-13-22)30-25-18-10-11-19-26(25)31-28(34)32(23-14-6-2-7-15-23)24-16-8-3-9-17-24/h1-9,12-17,25-26H,10-11,18-21H2,(H,31,34)(H2,29,30,33). The maximum Gasteiger partial charge on any atom is 0.326 e. The van der Waals surface area contributed by atoms with Crippen molar-refractivity contribution in [3.8, 4) is 0 Å². The van der Waals surface area contributed by atoms with Crippen molar-refractivity contribution in [2.75, 3.05) is 11.4 Å². The molecule has 3 aromatic rings. The molecule has 176 valence electrons. The highest BCUT2D eigenvalue weighted by Gasteiger charge is 2.30. The molecule has 1 fully saturated rings. The van der Waals surface area contributed by atoms with Crippen LogP contribution in [-0.2, 0) is 6.42 Å². The Bertz CT molecular complexity index is 1000.